The summed E-state index contributed by atoms with van der Waals surface area (Å²) in [5.74, 6) is 0. The van der Waals surface area contributed by atoms with E-state index in [0.29, 0.717) is 0 Å². The molecule has 108 valence electrons. The van der Waals surface area contributed by atoms with Crippen LogP contribution in [-0.2, 0) is 19.7 Å². The minimum Gasteiger partial charge on any atom is -0.377 e. The number of hydrogen-bond acceptors (Lipinski definition) is 3. The maximum atomic E-state index is 6.27. The van der Waals surface area contributed by atoms with E-state index in [0.717, 1.165) is 18.9 Å². The van der Waals surface area contributed by atoms with Crippen LogP contribution in [0.5, 0.6) is 0 Å². The summed E-state index contributed by atoms with van der Waals surface area (Å²) in [5.41, 5.74) is 2.40. The van der Waals surface area contributed by atoms with Gasteiger partial charge in [-0.2, -0.15) is 0 Å². The second kappa shape index (κ2) is 8.02. The number of aryl methyl sites for hydroxylation is 1. The average Bonchev–Trinajstić information content (AvgIpc) is 2.48. The minimum atomic E-state index is -2.49. The van der Waals surface area contributed by atoms with Crippen molar-refractivity contribution in [2.45, 2.75) is 31.2 Å². The van der Waals surface area contributed by atoms with Crippen LogP contribution in [-0.4, -0.2) is 30.1 Å². The van der Waals surface area contributed by atoms with E-state index in [1.54, 1.807) is 21.3 Å². The standard InChI is InChI=1S/C14H23ClO3Si/c1-5-14(15)13-8-6-7-12(11-13)9-10-19(16-2,17-3)18-4/h6-8,11,14H,5,9-10H2,1-4H3. The van der Waals surface area contributed by atoms with Gasteiger partial charge in [0.05, 0.1) is 5.38 Å². The third kappa shape index (κ3) is 4.58. The Hall–Kier alpha value is -0.393. The molecule has 0 aliphatic carbocycles. The molecule has 0 amide bonds. The van der Waals surface area contributed by atoms with Gasteiger partial charge in [-0.1, -0.05) is 31.2 Å². The van der Waals surface area contributed by atoms with E-state index >= 15 is 0 Å². The van der Waals surface area contributed by atoms with Crippen molar-refractivity contribution in [2.24, 2.45) is 0 Å². The molecule has 0 bridgehead atoms. The van der Waals surface area contributed by atoms with Gasteiger partial charge in [0.1, 0.15) is 0 Å². The van der Waals surface area contributed by atoms with Crippen LogP contribution >= 0.6 is 11.6 Å². The highest BCUT2D eigenvalue weighted by Crippen LogP contribution is 2.25. The summed E-state index contributed by atoms with van der Waals surface area (Å²) >= 11 is 6.27. The zero-order chi connectivity index (χ0) is 14.3. The fraction of sp³-hybridized carbons (Fsp3) is 0.571. The van der Waals surface area contributed by atoms with E-state index in [1.165, 1.54) is 11.1 Å². The van der Waals surface area contributed by atoms with Crippen molar-refractivity contribution in [3.05, 3.63) is 35.4 Å². The number of hydrogen-bond donors (Lipinski definition) is 0. The van der Waals surface area contributed by atoms with Crippen LogP contribution in [0.4, 0.5) is 0 Å². The first-order chi connectivity index (χ1) is 9.10. The van der Waals surface area contributed by atoms with E-state index < -0.39 is 8.80 Å². The first-order valence-corrected chi connectivity index (χ1v) is 8.86. The third-order valence-corrected chi connectivity index (χ3v) is 6.61. The van der Waals surface area contributed by atoms with Crippen LogP contribution in [0.3, 0.4) is 0 Å². The van der Waals surface area contributed by atoms with Crippen molar-refractivity contribution >= 4 is 20.4 Å². The van der Waals surface area contributed by atoms with Crippen LogP contribution in [0.2, 0.25) is 6.04 Å². The smallest absolute Gasteiger partial charge is 0.377 e. The summed E-state index contributed by atoms with van der Waals surface area (Å²) < 4.78 is 16.3. The fourth-order valence-corrected chi connectivity index (χ4v) is 3.88. The van der Waals surface area contributed by atoms with Crippen LogP contribution in [0.15, 0.2) is 24.3 Å². The lowest BCUT2D eigenvalue weighted by molar-refractivity contribution is 0.123. The summed E-state index contributed by atoms with van der Waals surface area (Å²) in [4.78, 5) is 0. The quantitative estimate of drug-likeness (QED) is 0.540. The molecule has 0 aliphatic rings. The minimum absolute atomic E-state index is 0.0780. The molecule has 0 fully saturated rings. The molecule has 19 heavy (non-hydrogen) atoms. The first-order valence-electron chi connectivity index (χ1n) is 6.49. The molecule has 0 saturated carbocycles. The predicted molar refractivity (Wildman–Crippen MR) is 80.6 cm³/mol. The Kier molecular flexibility index (Phi) is 7.03. The molecule has 0 N–H and O–H groups in total. The van der Waals surface area contributed by atoms with Gasteiger partial charge in [0, 0.05) is 27.4 Å². The van der Waals surface area contributed by atoms with Gasteiger partial charge in [-0.05, 0) is 24.0 Å². The fourth-order valence-electron chi connectivity index (χ4n) is 2.03. The Morgan fingerprint density at radius 2 is 1.79 bits per heavy atom. The van der Waals surface area contributed by atoms with Crippen molar-refractivity contribution in [1.82, 2.24) is 0 Å². The number of benzene rings is 1. The Labute approximate surface area is 122 Å². The highest BCUT2D eigenvalue weighted by molar-refractivity contribution is 6.60. The molecule has 5 heteroatoms. The van der Waals surface area contributed by atoms with Crippen LogP contribution in [0.1, 0.15) is 29.8 Å². The summed E-state index contributed by atoms with van der Waals surface area (Å²) in [6, 6.07) is 9.13. The van der Waals surface area contributed by atoms with Gasteiger partial charge in [-0.25, -0.2) is 0 Å². The lowest BCUT2D eigenvalue weighted by Gasteiger charge is -2.24. The molecule has 0 aromatic heterocycles. The summed E-state index contributed by atoms with van der Waals surface area (Å²) in [5, 5.41) is 0.0780. The molecule has 0 spiro atoms. The van der Waals surface area contributed by atoms with Crippen molar-refractivity contribution in [2.75, 3.05) is 21.3 Å². The molecular weight excluding hydrogens is 280 g/mol. The van der Waals surface area contributed by atoms with E-state index in [1.807, 2.05) is 6.07 Å². The number of rotatable bonds is 8. The van der Waals surface area contributed by atoms with E-state index in [-0.39, 0.29) is 5.38 Å². The molecule has 1 atom stereocenters. The van der Waals surface area contributed by atoms with Crippen LogP contribution in [0.25, 0.3) is 0 Å². The van der Waals surface area contributed by atoms with Gasteiger partial charge in [0.2, 0.25) is 0 Å². The Morgan fingerprint density at radius 1 is 1.16 bits per heavy atom. The maximum absolute atomic E-state index is 6.27. The van der Waals surface area contributed by atoms with E-state index in [9.17, 15) is 0 Å². The van der Waals surface area contributed by atoms with Crippen molar-refractivity contribution in [1.29, 1.82) is 0 Å². The molecular formula is C14H23ClO3Si. The van der Waals surface area contributed by atoms with E-state index in [4.69, 9.17) is 24.9 Å². The normalized spacial score (nSPS) is 13.5. The average molecular weight is 303 g/mol. The molecule has 3 nitrogen and oxygen atoms in total. The second-order valence-electron chi connectivity index (χ2n) is 4.42. The SMILES string of the molecule is CCC(Cl)c1cccc(CC[Si](OC)(OC)OC)c1. The van der Waals surface area contributed by atoms with Gasteiger partial charge in [-0.3, -0.25) is 0 Å². The highest BCUT2D eigenvalue weighted by atomic mass is 35.5. The van der Waals surface area contributed by atoms with Crippen LogP contribution in [0, 0.1) is 0 Å². The molecule has 0 saturated heterocycles. The summed E-state index contributed by atoms with van der Waals surface area (Å²) in [6.07, 6.45) is 1.79. The Balaban J connectivity index is 2.72. The van der Waals surface area contributed by atoms with Gasteiger partial charge in [0.25, 0.3) is 0 Å². The van der Waals surface area contributed by atoms with Crippen molar-refractivity contribution in [3.8, 4) is 0 Å². The molecule has 0 heterocycles. The van der Waals surface area contributed by atoms with Gasteiger partial charge < -0.3 is 13.3 Å². The van der Waals surface area contributed by atoms with Crippen molar-refractivity contribution < 1.29 is 13.3 Å². The lowest BCUT2D eigenvalue weighted by atomic mass is 10.1. The Bertz CT molecular complexity index is 374. The second-order valence-corrected chi connectivity index (χ2v) is 8.03. The third-order valence-electron chi connectivity index (χ3n) is 3.32. The number of alkyl halides is 1. The summed E-state index contributed by atoms with van der Waals surface area (Å²) in [7, 11) is 2.44. The molecule has 0 radical (unpaired) electrons. The largest absolute Gasteiger partial charge is 0.500 e. The maximum Gasteiger partial charge on any atom is 0.500 e. The topological polar surface area (TPSA) is 27.7 Å². The molecule has 1 aromatic rings. The van der Waals surface area contributed by atoms with Crippen molar-refractivity contribution in [3.63, 3.8) is 0 Å². The van der Waals surface area contributed by atoms with Gasteiger partial charge in [0.15, 0.2) is 0 Å². The lowest BCUT2D eigenvalue weighted by Crippen LogP contribution is -2.43. The zero-order valence-corrected chi connectivity index (χ0v) is 13.9. The predicted octanol–water partition coefficient (Wildman–Crippen LogP) is 3.80. The van der Waals surface area contributed by atoms with Crippen LogP contribution < -0.4 is 0 Å². The zero-order valence-electron chi connectivity index (χ0n) is 12.1. The summed E-state index contributed by atoms with van der Waals surface area (Å²) in [6.45, 7) is 2.09. The highest BCUT2D eigenvalue weighted by Gasteiger charge is 2.37. The van der Waals surface area contributed by atoms with Gasteiger partial charge >= 0.3 is 8.80 Å². The first kappa shape index (κ1) is 16.7. The van der Waals surface area contributed by atoms with E-state index in [2.05, 4.69) is 25.1 Å². The molecule has 1 rings (SSSR count). The Morgan fingerprint density at radius 3 is 2.32 bits per heavy atom. The molecule has 1 aromatic carbocycles. The monoisotopic (exact) mass is 302 g/mol. The van der Waals surface area contributed by atoms with Gasteiger partial charge in [-0.15, -0.1) is 11.6 Å². The molecule has 1 unspecified atom stereocenters. The number of halogens is 1. The molecule has 0 aliphatic heterocycles.